The summed E-state index contributed by atoms with van der Waals surface area (Å²) in [7, 11) is -3.52. The number of nitro groups is 1. The lowest BCUT2D eigenvalue weighted by Crippen LogP contribution is -2.37. The molecular formula is C14H21N3O5S. The molecule has 0 bridgehead atoms. The van der Waals surface area contributed by atoms with E-state index >= 15 is 0 Å². The lowest BCUT2D eigenvalue weighted by Gasteiger charge is -2.17. The van der Waals surface area contributed by atoms with Gasteiger partial charge in [-0.1, -0.05) is 20.8 Å². The molecule has 0 saturated carbocycles. The number of amides is 1. The van der Waals surface area contributed by atoms with Crippen molar-refractivity contribution in [2.24, 2.45) is 5.41 Å². The Balaban J connectivity index is 2.78. The third kappa shape index (κ3) is 5.51. The molecule has 1 aromatic rings. The summed E-state index contributed by atoms with van der Waals surface area (Å²) in [4.78, 5) is 22.0. The van der Waals surface area contributed by atoms with E-state index in [1.54, 1.807) is 20.8 Å². The predicted octanol–water partition coefficient (Wildman–Crippen LogP) is 1.57. The van der Waals surface area contributed by atoms with Gasteiger partial charge in [-0.15, -0.1) is 0 Å². The van der Waals surface area contributed by atoms with E-state index in [9.17, 15) is 23.3 Å². The van der Waals surface area contributed by atoms with Crippen molar-refractivity contribution in [2.45, 2.75) is 25.7 Å². The lowest BCUT2D eigenvalue weighted by atomic mass is 9.96. The minimum absolute atomic E-state index is 0.115. The van der Waals surface area contributed by atoms with Gasteiger partial charge in [0, 0.05) is 30.8 Å². The van der Waals surface area contributed by atoms with Crippen LogP contribution < -0.4 is 10.6 Å². The number of hydrogen-bond donors (Lipinski definition) is 2. The van der Waals surface area contributed by atoms with Gasteiger partial charge in [0.05, 0.1) is 9.82 Å². The first-order valence-electron chi connectivity index (χ1n) is 6.93. The van der Waals surface area contributed by atoms with Gasteiger partial charge in [-0.05, 0) is 12.1 Å². The largest absolute Gasteiger partial charge is 0.378 e. The van der Waals surface area contributed by atoms with Gasteiger partial charge in [0.1, 0.15) is 5.69 Å². The van der Waals surface area contributed by atoms with Crippen molar-refractivity contribution in [3.63, 3.8) is 0 Å². The highest BCUT2D eigenvalue weighted by Gasteiger charge is 2.21. The summed E-state index contributed by atoms with van der Waals surface area (Å²) in [5.41, 5.74) is -0.633. The lowest BCUT2D eigenvalue weighted by molar-refractivity contribution is -0.384. The molecular weight excluding hydrogens is 322 g/mol. The van der Waals surface area contributed by atoms with E-state index in [0.717, 1.165) is 12.3 Å². The van der Waals surface area contributed by atoms with Crippen molar-refractivity contribution < 1.29 is 18.1 Å². The van der Waals surface area contributed by atoms with Crippen LogP contribution in [-0.4, -0.2) is 38.6 Å². The van der Waals surface area contributed by atoms with Crippen LogP contribution in [0.15, 0.2) is 23.1 Å². The van der Waals surface area contributed by atoms with Gasteiger partial charge in [0.25, 0.3) is 5.69 Å². The molecule has 0 aliphatic rings. The number of carbonyl (C=O) groups excluding carboxylic acids is 1. The van der Waals surface area contributed by atoms with Crippen LogP contribution in [0.4, 0.5) is 11.4 Å². The average molecular weight is 343 g/mol. The minimum atomic E-state index is -3.52. The van der Waals surface area contributed by atoms with Gasteiger partial charge in [0.15, 0.2) is 9.84 Å². The number of sulfone groups is 1. The number of benzene rings is 1. The van der Waals surface area contributed by atoms with Crippen LogP contribution in [-0.2, 0) is 14.6 Å². The fraction of sp³-hybridized carbons (Fsp3) is 0.500. The summed E-state index contributed by atoms with van der Waals surface area (Å²) in [5, 5.41) is 16.6. The maximum absolute atomic E-state index is 11.7. The van der Waals surface area contributed by atoms with Gasteiger partial charge in [0.2, 0.25) is 5.91 Å². The first kappa shape index (κ1) is 18.9. The van der Waals surface area contributed by atoms with Crippen LogP contribution in [0.5, 0.6) is 0 Å². The van der Waals surface area contributed by atoms with E-state index in [1.165, 1.54) is 12.1 Å². The Hall–Kier alpha value is -2.16. The summed E-state index contributed by atoms with van der Waals surface area (Å²) in [6.07, 6.45) is 0.987. The van der Waals surface area contributed by atoms with Crippen LogP contribution >= 0.6 is 0 Å². The Morgan fingerprint density at radius 1 is 1.26 bits per heavy atom. The molecule has 0 saturated heterocycles. The van der Waals surface area contributed by atoms with Gasteiger partial charge in [-0.2, -0.15) is 0 Å². The highest BCUT2D eigenvalue weighted by atomic mass is 32.2. The standard InChI is InChI=1S/C14H21N3O5S/c1-14(2,3)13(18)16-8-7-15-11-6-5-10(23(4,21)22)9-12(11)17(19)20/h5-6,9,15H,7-8H2,1-4H3,(H,16,18). The molecule has 128 valence electrons. The number of rotatable bonds is 6. The zero-order valence-electron chi connectivity index (χ0n) is 13.5. The Bertz CT molecular complexity index is 708. The number of anilines is 1. The molecule has 0 unspecified atom stereocenters. The topological polar surface area (TPSA) is 118 Å². The zero-order chi connectivity index (χ0) is 17.8. The molecule has 1 aromatic carbocycles. The highest BCUT2D eigenvalue weighted by Crippen LogP contribution is 2.27. The van der Waals surface area contributed by atoms with E-state index < -0.39 is 20.2 Å². The molecule has 1 amide bonds. The quantitative estimate of drug-likeness (QED) is 0.460. The maximum atomic E-state index is 11.7. The number of carbonyl (C=O) groups is 1. The molecule has 0 fully saturated rings. The molecule has 1 rings (SSSR count). The maximum Gasteiger partial charge on any atom is 0.293 e. The summed E-state index contributed by atoms with van der Waals surface area (Å²) >= 11 is 0. The smallest absolute Gasteiger partial charge is 0.293 e. The van der Waals surface area contributed by atoms with Crippen molar-refractivity contribution in [3.05, 3.63) is 28.3 Å². The van der Waals surface area contributed by atoms with E-state index in [-0.39, 0.29) is 28.7 Å². The Morgan fingerprint density at radius 2 is 1.87 bits per heavy atom. The third-order valence-electron chi connectivity index (χ3n) is 3.00. The second kappa shape index (κ2) is 6.95. The number of hydrogen-bond acceptors (Lipinski definition) is 6. The van der Waals surface area contributed by atoms with Crippen molar-refractivity contribution >= 4 is 27.1 Å². The molecule has 2 N–H and O–H groups in total. The summed E-state index contributed by atoms with van der Waals surface area (Å²) in [6, 6.07) is 3.67. The molecule has 0 radical (unpaired) electrons. The van der Waals surface area contributed by atoms with Crippen LogP contribution in [0.1, 0.15) is 20.8 Å². The fourth-order valence-electron chi connectivity index (χ4n) is 1.68. The Kier molecular flexibility index (Phi) is 5.70. The molecule has 9 heteroatoms. The van der Waals surface area contributed by atoms with Gasteiger partial charge >= 0.3 is 0 Å². The van der Waals surface area contributed by atoms with Crippen LogP contribution in [0.3, 0.4) is 0 Å². The van der Waals surface area contributed by atoms with Crippen molar-refractivity contribution in [2.75, 3.05) is 24.7 Å². The third-order valence-corrected chi connectivity index (χ3v) is 4.11. The van der Waals surface area contributed by atoms with E-state index in [1.807, 2.05) is 0 Å². The van der Waals surface area contributed by atoms with E-state index in [0.29, 0.717) is 6.54 Å². The molecule has 23 heavy (non-hydrogen) atoms. The van der Waals surface area contributed by atoms with Gasteiger partial charge in [-0.3, -0.25) is 14.9 Å². The molecule has 8 nitrogen and oxygen atoms in total. The first-order valence-corrected chi connectivity index (χ1v) is 8.83. The van der Waals surface area contributed by atoms with Crippen molar-refractivity contribution in [1.82, 2.24) is 5.32 Å². The normalized spacial score (nSPS) is 11.8. The predicted molar refractivity (Wildman–Crippen MR) is 87.2 cm³/mol. The minimum Gasteiger partial charge on any atom is -0.378 e. The van der Waals surface area contributed by atoms with Gasteiger partial charge < -0.3 is 10.6 Å². The molecule has 0 heterocycles. The Morgan fingerprint density at radius 3 is 2.35 bits per heavy atom. The number of nitrogens with zero attached hydrogens (tertiary/aromatic N) is 1. The summed E-state index contributed by atoms with van der Waals surface area (Å²) in [6.45, 7) is 5.92. The number of nitrogens with one attached hydrogen (secondary N) is 2. The molecule has 0 aliphatic heterocycles. The van der Waals surface area contributed by atoms with E-state index in [4.69, 9.17) is 0 Å². The monoisotopic (exact) mass is 343 g/mol. The van der Waals surface area contributed by atoms with E-state index in [2.05, 4.69) is 10.6 Å². The molecule has 0 spiro atoms. The van der Waals surface area contributed by atoms with Gasteiger partial charge in [-0.25, -0.2) is 8.42 Å². The average Bonchev–Trinajstić information content (AvgIpc) is 2.40. The second-order valence-electron chi connectivity index (χ2n) is 6.14. The highest BCUT2D eigenvalue weighted by molar-refractivity contribution is 7.90. The van der Waals surface area contributed by atoms with Crippen LogP contribution in [0.25, 0.3) is 0 Å². The number of nitro benzene ring substituents is 1. The molecule has 0 aromatic heterocycles. The molecule has 0 atom stereocenters. The summed E-state index contributed by atoms with van der Waals surface area (Å²) < 4.78 is 22.9. The van der Waals surface area contributed by atoms with Crippen LogP contribution in [0, 0.1) is 15.5 Å². The molecule has 0 aliphatic carbocycles. The zero-order valence-corrected chi connectivity index (χ0v) is 14.4. The van der Waals surface area contributed by atoms with Crippen molar-refractivity contribution in [1.29, 1.82) is 0 Å². The first-order chi connectivity index (χ1) is 10.4. The Labute approximate surface area is 135 Å². The fourth-order valence-corrected chi connectivity index (χ4v) is 2.32. The van der Waals surface area contributed by atoms with Crippen molar-refractivity contribution in [3.8, 4) is 0 Å². The second-order valence-corrected chi connectivity index (χ2v) is 8.16. The van der Waals surface area contributed by atoms with Crippen LogP contribution in [0.2, 0.25) is 0 Å². The SMILES string of the molecule is CC(C)(C)C(=O)NCCNc1ccc(S(C)(=O)=O)cc1[N+](=O)[O-]. The summed E-state index contributed by atoms with van der Waals surface area (Å²) in [5.74, 6) is -0.124.